The van der Waals surface area contributed by atoms with E-state index in [-0.39, 0.29) is 36.6 Å². The first-order valence-corrected chi connectivity index (χ1v) is 9.47. The van der Waals surface area contributed by atoms with Crippen molar-refractivity contribution in [1.82, 2.24) is 9.80 Å². The SMILES string of the molecule is COC(=O)CCC(=O)N1CCN(C(c2ccccc2)c2ccc(F)cc2)CC1. The van der Waals surface area contributed by atoms with Crippen LogP contribution in [0.4, 0.5) is 4.39 Å². The quantitative estimate of drug-likeness (QED) is 0.719. The van der Waals surface area contributed by atoms with E-state index in [1.807, 2.05) is 30.3 Å². The van der Waals surface area contributed by atoms with Gasteiger partial charge in [-0.3, -0.25) is 14.5 Å². The zero-order chi connectivity index (χ0) is 19.9. The maximum absolute atomic E-state index is 13.4. The molecule has 5 nitrogen and oxygen atoms in total. The van der Waals surface area contributed by atoms with Gasteiger partial charge in [0.25, 0.3) is 0 Å². The van der Waals surface area contributed by atoms with Crippen LogP contribution in [0.15, 0.2) is 54.6 Å². The summed E-state index contributed by atoms with van der Waals surface area (Å²) in [6, 6.07) is 16.7. The van der Waals surface area contributed by atoms with Crippen LogP contribution in [-0.2, 0) is 14.3 Å². The zero-order valence-corrected chi connectivity index (χ0v) is 16.0. The molecule has 148 valence electrons. The van der Waals surface area contributed by atoms with E-state index in [4.69, 9.17) is 0 Å². The number of carbonyl (C=O) groups excluding carboxylic acids is 2. The molecular formula is C22H25FN2O3. The number of hydrogen-bond donors (Lipinski definition) is 0. The maximum atomic E-state index is 13.4. The van der Waals surface area contributed by atoms with Gasteiger partial charge in [-0.15, -0.1) is 0 Å². The summed E-state index contributed by atoms with van der Waals surface area (Å²) in [5, 5.41) is 0. The fourth-order valence-corrected chi connectivity index (χ4v) is 3.59. The second kappa shape index (κ2) is 9.46. The number of benzene rings is 2. The summed E-state index contributed by atoms with van der Waals surface area (Å²) in [6.07, 6.45) is 0.282. The van der Waals surface area contributed by atoms with Crippen molar-refractivity contribution in [2.75, 3.05) is 33.3 Å². The molecule has 0 bridgehead atoms. The third-order valence-corrected chi connectivity index (χ3v) is 5.10. The van der Waals surface area contributed by atoms with Gasteiger partial charge in [-0.05, 0) is 23.3 Å². The molecule has 1 amide bonds. The molecule has 28 heavy (non-hydrogen) atoms. The Labute approximate surface area is 164 Å². The molecule has 0 aromatic heterocycles. The fraction of sp³-hybridized carbons (Fsp3) is 0.364. The van der Waals surface area contributed by atoms with E-state index in [1.165, 1.54) is 19.2 Å². The molecule has 3 rings (SSSR count). The summed E-state index contributed by atoms with van der Waals surface area (Å²) in [7, 11) is 1.32. The Morgan fingerprint density at radius 2 is 1.54 bits per heavy atom. The van der Waals surface area contributed by atoms with Gasteiger partial charge in [0.15, 0.2) is 0 Å². The molecule has 0 saturated carbocycles. The summed E-state index contributed by atoms with van der Waals surface area (Å²) < 4.78 is 18.0. The largest absolute Gasteiger partial charge is 0.469 e. The minimum Gasteiger partial charge on any atom is -0.469 e. The molecule has 1 heterocycles. The zero-order valence-electron chi connectivity index (χ0n) is 16.0. The summed E-state index contributed by atoms with van der Waals surface area (Å²) in [5.74, 6) is -0.646. The Morgan fingerprint density at radius 1 is 0.929 bits per heavy atom. The molecule has 6 heteroatoms. The minimum atomic E-state index is -0.368. The van der Waals surface area contributed by atoms with Gasteiger partial charge in [0, 0.05) is 32.6 Å². The predicted molar refractivity (Wildman–Crippen MR) is 104 cm³/mol. The van der Waals surface area contributed by atoms with Crippen molar-refractivity contribution in [2.45, 2.75) is 18.9 Å². The van der Waals surface area contributed by atoms with E-state index in [0.717, 1.165) is 11.1 Å². The van der Waals surface area contributed by atoms with Crippen molar-refractivity contribution in [1.29, 1.82) is 0 Å². The van der Waals surface area contributed by atoms with Crippen LogP contribution in [0.25, 0.3) is 0 Å². The Balaban J connectivity index is 1.69. The molecule has 2 aromatic rings. The van der Waals surface area contributed by atoms with Crippen LogP contribution in [0.5, 0.6) is 0 Å². The van der Waals surface area contributed by atoms with Crippen molar-refractivity contribution in [3.8, 4) is 0 Å². The molecule has 0 aliphatic carbocycles. The van der Waals surface area contributed by atoms with Gasteiger partial charge in [-0.2, -0.15) is 0 Å². The van der Waals surface area contributed by atoms with Crippen LogP contribution < -0.4 is 0 Å². The molecule has 1 atom stereocenters. The highest BCUT2D eigenvalue weighted by Crippen LogP contribution is 2.29. The Morgan fingerprint density at radius 3 is 2.14 bits per heavy atom. The lowest BCUT2D eigenvalue weighted by molar-refractivity contribution is -0.144. The maximum Gasteiger partial charge on any atom is 0.306 e. The predicted octanol–water partition coefficient (Wildman–Crippen LogP) is 3.01. The van der Waals surface area contributed by atoms with Gasteiger partial charge in [0.2, 0.25) is 5.91 Å². The number of piperazine rings is 1. The third kappa shape index (κ3) is 4.95. The van der Waals surface area contributed by atoms with E-state index < -0.39 is 0 Å². The molecule has 1 unspecified atom stereocenters. The smallest absolute Gasteiger partial charge is 0.306 e. The minimum absolute atomic E-state index is 0.00845. The molecule has 0 spiro atoms. The number of ether oxygens (including phenoxy) is 1. The first-order valence-electron chi connectivity index (χ1n) is 9.47. The average Bonchev–Trinajstić information content (AvgIpc) is 2.74. The van der Waals surface area contributed by atoms with Crippen molar-refractivity contribution in [2.24, 2.45) is 0 Å². The van der Waals surface area contributed by atoms with Gasteiger partial charge in [0.05, 0.1) is 19.6 Å². The summed E-state index contributed by atoms with van der Waals surface area (Å²) in [4.78, 5) is 27.7. The topological polar surface area (TPSA) is 49.9 Å². The Kier molecular flexibility index (Phi) is 6.76. The first-order chi connectivity index (χ1) is 13.6. The standard InChI is InChI=1S/C22H25FN2O3/c1-28-21(27)12-11-20(26)24-13-15-25(16-14-24)22(17-5-3-2-4-6-17)18-7-9-19(23)10-8-18/h2-10,22H,11-16H2,1H3. The highest BCUT2D eigenvalue weighted by atomic mass is 19.1. The van der Waals surface area contributed by atoms with Gasteiger partial charge < -0.3 is 9.64 Å². The van der Waals surface area contributed by atoms with E-state index in [1.54, 1.807) is 4.90 Å². The van der Waals surface area contributed by atoms with Crippen LogP contribution in [0, 0.1) is 5.82 Å². The Hall–Kier alpha value is -2.73. The van der Waals surface area contributed by atoms with Crippen LogP contribution in [-0.4, -0.2) is 55.0 Å². The van der Waals surface area contributed by atoms with Gasteiger partial charge in [-0.1, -0.05) is 42.5 Å². The average molecular weight is 384 g/mol. The molecule has 1 saturated heterocycles. The van der Waals surface area contributed by atoms with E-state index in [9.17, 15) is 14.0 Å². The van der Waals surface area contributed by atoms with Gasteiger partial charge in [0.1, 0.15) is 5.82 Å². The normalized spacial score (nSPS) is 15.9. The van der Waals surface area contributed by atoms with Gasteiger partial charge >= 0.3 is 5.97 Å². The van der Waals surface area contributed by atoms with E-state index >= 15 is 0 Å². The van der Waals surface area contributed by atoms with Crippen molar-refractivity contribution >= 4 is 11.9 Å². The number of rotatable bonds is 6. The summed E-state index contributed by atoms with van der Waals surface area (Å²) in [6.45, 7) is 2.62. The first kappa shape index (κ1) is 20.0. The monoisotopic (exact) mass is 384 g/mol. The molecule has 2 aromatic carbocycles. The van der Waals surface area contributed by atoms with Crippen molar-refractivity contribution < 1.29 is 18.7 Å². The van der Waals surface area contributed by atoms with E-state index in [2.05, 4.69) is 21.8 Å². The number of esters is 1. The summed E-state index contributed by atoms with van der Waals surface area (Å²) >= 11 is 0. The number of halogens is 1. The van der Waals surface area contributed by atoms with E-state index in [0.29, 0.717) is 26.2 Å². The summed E-state index contributed by atoms with van der Waals surface area (Å²) in [5.41, 5.74) is 2.16. The number of hydrogen-bond acceptors (Lipinski definition) is 4. The number of carbonyl (C=O) groups is 2. The molecule has 1 fully saturated rings. The molecule has 0 N–H and O–H groups in total. The second-order valence-corrected chi connectivity index (χ2v) is 6.86. The molecule has 0 radical (unpaired) electrons. The van der Waals surface area contributed by atoms with Crippen LogP contribution in [0.3, 0.4) is 0 Å². The third-order valence-electron chi connectivity index (χ3n) is 5.10. The second-order valence-electron chi connectivity index (χ2n) is 6.86. The van der Waals surface area contributed by atoms with Crippen LogP contribution >= 0.6 is 0 Å². The number of amides is 1. The number of nitrogens with zero attached hydrogens (tertiary/aromatic N) is 2. The van der Waals surface area contributed by atoms with Crippen LogP contribution in [0.2, 0.25) is 0 Å². The highest BCUT2D eigenvalue weighted by molar-refractivity contribution is 5.81. The fourth-order valence-electron chi connectivity index (χ4n) is 3.59. The molecule has 1 aliphatic rings. The molecule has 1 aliphatic heterocycles. The molecular weight excluding hydrogens is 359 g/mol. The number of methoxy groups -OCH3 is 1. The lowest BCUT2D eigenvalue weighted by Crippen LogP contribution is -2.49. The lowest BCUT2D eigenvalue weighted by Gasteiger charge is -2.39. The highest BCUT2D eigenvalue weighted by Gasteiger charge is 2.28. The van der Waals surface area contributed by atoms with Crippen molar-refractivity contribution in [3.63, 3.8) is 0 Å². The Bertz CT molecular complexity index is 787. The van der Waals surface area contributed by atoms with Crippen LogP contribution in [0.1, 0.15) is 30.0 Å². The van der Waals surface area contributed by atoms with Crippen molar-refractivity contribution in [3.05, 3.63) is 71.5 Å². The van der Waals surface area contributed by atoms with Gasteiger partial charge in [-0.25, -0.2) is 4.39 Å². The lowest BCUT2D eigenvalue weighted by atomic mass is 9.96.